The standard InChI is InChI=1S/C13H10F2N2O/c14-10-4-1-5-11(13(10)15)17-12(18)7-9-3-2-6-16-8-9/h1-6,8H,7H2,(H,17,18). The van der Waals surface area contributed by atoms with Crippen LogP contribution in [0.1, 0.15) is 5.56 Å². The van der Waals surface area contributed by atoms with Crippen LogP contribution in [0, 0.1) is 11.6 Å². The van der Waals surface area contributed by atoms with Gasteiger partial charge in [-0.3, -0.25) is 9.78 Å². The maximum absolute atomic E-state index is 13.3. The number of carbonyl (C=O) groups is 1. The molecule has 0 saturated carbocycles. The van der Waals surface area contributed by atoms with Crippen LogP contribution in [0.5, 0.6) is 0 Å². The van der Waals surface area contributed by atoms with Crippen LogP contribution in [0.15, 0.2) is 42.7 Å². The molecule has 1 aromatic carbocycles. The van der Waals surface area contributed by atoms with E-state index in [0.29, 0.717) is 5.56 Å². The topological polar surface area (TPSA) is 42.0 Å². The van der Waals surface area contributed by atoms with Gasteiger partial charge in [0.25, 0.3) is 0 Å². The van der Waals surface area contributed by atoms with E-state index in [1.54, 1.807) is 24.5 Å². The zero-order chi connectivity index (χ0) is 13.0. The minimum Gasteiger partial charge on any atom is -0.323 e. The number of hydrogen-bond acceptors (Lipinski definition) is 2. The molecule has 0 aliphatic carbocycles. The average molecular weight is 248 g/mol. The predicted octanol–water partition coefficient (Wildman–Crippen LogP) is 2.54. The Labute approximate surface area is 102 Å². The van der Waals surface area contributed by atoms with Crippen LogP contribution in [-0.4, -0.2) is 10.9 Å². The summed E-state index contributed by atoms with van der Waals surface area (Å²) in [6, 6.07) is 7.06. The largest absolute Gasteiger partial charge is 0.323 e. The molecule has 0 unspecified atom stereocenters. The van der Waals surface area contributed by atoms with Gasteiger partial charge in [0, 0.05) is 12.4 Å². The minimum absolute atomic E-state index is 0.0593. The van der Waals surface area contributed by atoms with E-state index in [1.807, 2.05) is 0 Å². The van der Waals surface area contributed by atoms with Gasteiger partial charge in [0.1, 0.15) is 0 Å². The average Bonchev–Trinajstić information content (AvgIpc) is 2.36. The number of aromatic nitrogens is 1. The molecule has 1 N–H and O–H groups in total. The number of rotatable bonds is 3. The quantitative estimate of drug-likeness (QED) is 0.906. The fraction of sp³-hybridized carbons (Fsp3) is 0.0769. The molecule has 1 amide bonds. The summed E-state index contributed by atoms with van der Waals surface area (Å²) in [6.07, 6.45) is 3.19. The first kappa shape index (κ1) is 12.2. The van der Waals surface area contributed by atoms with E-state index in [4.69, 9.17) is 0 Å². The van der Waals surface area contributed by atoms with Crippen molar-refractivity contribution in [1.29, 1.82) is 0 Å². The zero-order valence-electron chi connectivity index (χ0n) is 9.36. The number of halogens is 2. The van der Waals surface area contributed by atoms with Gasteiger partial charge in [-0.2, -0.15) is 0 Å². The van der Waals surface area contributed by atoms with Crippen molar-refractivity contribution in [3.8, 4) is 0 Å². The lowest BCUT2D eigenvalue weighted by Crippen LogP contribution is -2.15. The molecule has 0 fully saturated rings. The van der Waals surface area contributed by atoms with Gasteiger partial charge in [0.15, 0.2) is 11.6 Å². The monoisotopic (exact) mass is 248 g/mol. The van der Waals surface area contributed by atoms with Crippen LogP contribution < -0.4 is 5.32 Å². The van der Waals surface area contributed by atoms with E-state index in [-0.39, 0.29) is 12.1 Å². The van der Waals surface area contributed by atoms with Gasteiger partial charge in [-0.05, 0) is 23.8 Å². The van der Waals surface area contributed by atoms with Crippen molar-refractivity contribution in [3.05, 3.63) is 59.9 Å². The number of pyridine rings is 1. The van der Waals surface area contributed by atoms with Crippen molar-refractivity contribution < 1.29 is 13.6 Å². The lowest BCUT2D eigenvalue weighted by Gasteiger charge is -2.06. The first-order valence-electron chi connectivity index (χ1n) is 5.29. The van der Waals surface area contributed by atoms with Gasteiger partial charge in [-0.1, -0.05) is 12.1 Å². The zero-order valence-corrected chi connectivity index (χ0v) is 9.36. The lowest BCUT2D eigenvalue weighted by molar-refractivity contribution is -0.115. The first-order valence-corrected chi connectivity index (χ1v) is 5.29. The fourth-order valence-electron chi connectivity index (χ4n) is 1.48. The summed E-state index contributed by atoms with van der Waals surface area (Å²) in [5.41, 5.74) is 0.538. The van der Waals surface area contributed by atoms with Gasteiger partial charge in [0.05, 0.1) is 12.1 Å². The molecule has 5 heteroatoms. The van der Waals surface area contributed by atoms with Crippen molar-refractivity contribution in [2.75, 3.05) is 5.32 Å². The van der Waals surface area contributed by atoms with E-state index in [0.717, 1.165) is 6.07 Å². The van der Waals surface area contributed by atoms with Crippen molar-refractivity contribution in [2.24, 2.45) is 0 Å². The molecule has 2 rings (SSSR count). The van der Waals surface area contributed by atoms with Crippen LogP contribution >= 0.6 is 0 Å². The third kappa shape index (κ3) is 2.88. The molecule has 3 nitrogen and oxygen atoms in total. The van der Waals surface area contributed by atoms with Crippen LogP contribution in [0.4, 0.5) is 14.5 Å². The Bertz CT molecular complexity index is 558. The Balaban J connectivity index is 2.06. The highest BCUT2D eigenvalue weighted by Gasteiger charge is 2.10. The normalized spacial score (nSPS) is 10.1. The van der Waals surface area contributed by atoms with E-state index in [2.05, 4.69) is 10.3 Å². The molecular formula is C13H10F2N2O. The smallest absolute Gasteiger partial charge is 0.228 e. The van der Waals surface area contributed by atoms with E-state index in [9.17, 15) is 13.6 Å². The molecule has 0 aliphatic rings. The summed E-state index contributed by atoms with van der Waals surface area (Å²) < 4.78 is 26.2. The number of nitrogens with one attached hydrogen (secondary N) is 1. The number of carbonyl (C=O) groups excluding carboxylic acids is 1. The molecule has 1 heterocycles. The van der Waals surface area contributed by atoms with Crippen LogP contribution in [0.2, 0.25) is 0 Å². The minimum atomic E-state index is -1.06. The maximum atomic E-state index is 13.3. The van der Waals surface area contributed by atoms with E-state index < -0.39 is 17.5 Å². The van der Waals surface area contributed by atoms with E-state index in [1.165, 1.54) is 12.1 Å². The van der Waals surface area contributed by atoms with Crippen LogP contribution in [0.3, 0.4) is 0 Å². The molecule has 2 aromatic rings. The highest BCUT2D eigenvalue weighted by atomic mass is 19.2. The van der Waals surface area contributed by atoms with Crippen molar-refractivity contribution in [1.82, 2.24) is 4.98 Å². The number of nitrogens with zero attached hydrogens (tertiary/aromatic N) is 1. The molecule has 0 radical (unpaired) electrons. The molecule has 92 valence electrons. The second-order valence-corrected chi connectivity index (χ2v) is 3.69. The summed E-state index contributed by atoms with van der Waals surface area (Å²) in [7, 11) is 0. The number of anilines is 1. The number of benzene rings is 1. The Morgan fingerprint density at radius 3 is 2.78 bits per heavy atom. The summed E-state index contributed by atoms with van der Waals surface area (Å²) in [6.45, 7) is 0. The third-order valence-corrected chi connectivity index (χ3v) is 2.31. The SMILES string of the molecule is O=C(Cc1cccnc1)Nc1cccc(F)c1F. The van der Waals surface area contributed by atoms with Gasteiger partial charge in [0.2, 0.25) is 5.91 Å². The second kappa shape index (κ2) is 5.35. The van der Waals surface area contributed by atoms with E-state index >= 15 is 0 Å². The second-order valence-electron chi connectivity index (χ2n) is 3.69. The number of amides is 1. The summed E-state index contributed by atoms with van der Waals surface area (Å²) in [4.78, 5) is 15.5. The highest BCUT2D eigenvalue weighted by molar-refractivity contribution is 5.92. The summed E-state index contributed by atoms with van der Waals surface area (Å²) in [5.74, 6) is -2.47. The molecule has 0 spiro atoms. The lowest BCUT2D eigenvalue weighted by atomic mass is 10.2. The van der Waals surface area contributed by atoms with Crippen LogP contribution in [-0.2, 0) is 11.2 Å². The number of hydrogen-bond donors (Lipinski definition) is 1. The molecule has 0 bridgehead atoms. The van der Waals surface area contributed by atoms with Crippen molar-refractivity contribution in [2.45, 2.75) is 6.42 Å². The van der Waals surface area contributed by atoms with Gasteiger partial charge < -0.3 is 5.32 Å². The Morgan fingerprint density at radius 1 is 1.22 bits per heavy atom. The predicted molar refractivity (Wildman–Crippen MR) is 62.9 cm³/mol. The van der Waals surface area contributed by atoms with Gasteiger partial charge >= 0.3 is 0 Å². The Hall–Kier alpha value is -2.30. The van der Waals surface area contributed by atoms with Crippen molar-refractivity contribution in [3.63, 3.8) is 0 Å². The maximum Gasteiger partial charge on any atom is 0.228 e. The third-order valence-electron chi connectivity index (χ3n) is 2.31. The molecule has 0 saturated heterocycles. The van der Waals surface area contributed by atoms with Gasteiger partial charge in [-0.25, -0.2) is 8.78 Å². The molecule has 0 aliphatic heterocycles. The molecule has 1 aromatic heterocycles. The first-order chi connectivity index (χ1) is 8.66. The highest BCUT2D eigenvalue weighted by Crippen LogP contribution is 2.16. The Kier molecular flexibility index (Phi) is 3.62. The van der Waals surface area contributed by atoms with Crippen LogP contribution in [0.25, 0.3) is 0 Å². The summed E-state index contributed by atoms with van der Waals surface area (Å²) in [5, 5.41) is 2.32. The summed E-state index contributed by atoms with van der Waals surface area (Å²) >= 11 is 0. The van der Waals surface area contributed by atoms with Gasteiger partial charge in [-0.15, -0.1) is 0 Å². The van der Waals surface area contributed by atoms with Crippen molar-refractivity contribution >= 4 is 11.6 Å². The molecule has 0 atom stereocenters. The molecule has 18 heavy (non-hydrogen) atoms. The molecular weight excluding hydrogens is 238 g/mol. The Morgan fingerprint density at radius 2 is 2.06 bits per heavy atom. The fourth-order valence-corrected chi connectivity index (χ4v) is 1.48.